The highest BCUT2D eigenvalue weighted by Crippen LogP contribution is 2.37. The maximum absolute atomic E-state index is 13.7. The molecule has 0 aromatic heterocycles. The van der Waals surface area contributed by atoms with Gasteiger partial charge in [0.25, 0.3) is 0 Å². The Bertz CT molecular complexity index is 1070. The Morgan fingerprint density at radius 2 is 0.884 bits per heavy atom. The Kier molecular flexibility index (Phi) is 13.9. The zero-order valence-electron chi connectivity index (χ0n) is 26.6. The molecule has 0 aliphatic heterocycles. The van der Waals surface area contributed by atoms with Crippen LogP contribution in [0.4, 0.5) is 0 Å². The second kappa shape index (κ2) is 16.8. The van der Waals surface area contributed by atoms with Crippen LogP contribution in [0.15, 0.2) is 60.7 Å². The molecule has 0 amide bonds. The van der Waals surface area contributed by atoms with Gasteiger partial charge in [-0.25, -0.2) is 0 Å². The molecule has 8 heteroatoms. The average molecular weight is 597 g/mol. The van der Waals surface area contributed by atoms with Gasteiger partial charge in [-0.1, -0.05) is 73.5 Å². The van der Waals surface area contributed by atoms with Gasteiger partial charge in [0.1, 0.15) is 24.4 Å². The molecule has 43 heavy (non-hydrogen) atoms. The predicted molar refractivity (Wildman–Crippen MR) is 164 cm³/mol. The first-order chi connectivity index (χ1) is 20.2. The zero-order valence-corrected chi connectivity index (χ0v) is 26.6. The van der Waals surface area contributed by atoms with Crippen LogP contribution in [-0.4, -0.2) is 35.1 Å². The lowest BCUT2D eigenvalue weighted by Gasteiger charge is -2.35. The highest BCUT2D eigenvalue weighted by atomic mass is 16.6. The van der Waals surface area contributed by atoms with Crippen LogP contribution in [0.5, 0.6) is 0 Å². The summed E-state index contributed by atoms with van der Waals surface area (Å²) >= 11 is 0. The van der Waals surface area contributed by atoms with Gasteiger partial charge in [-0.15, -0.1) is 0 Å². The van der Waals surface area contributed by atoms with E-state index in [2.05, 4.69) is 0 Å². The molecule has 0 fully saturated rings. The molecule has 2 rings (SSSR count). The van der Waals surface area contributed by atoms with E-state index in [0.29, 0.717) is 25.7 Å². The molecule has 0 unspecified atom stereocenters. The maximum Gasteiger partial charge on any atom is 0.324 e. The third-order valence-electron chi connectivity index (χ3n) is 6.53. The summed E-state index contributed by atoms with van der Waals surface area (Å²) in [4.78, 5) is 52.1. The minimum atomic E-state index is -1.58. The molecule has 2 aromatic rings. The molecular weight excluding hydrogens is 548 g/mol. The summed E-state index contributed by atoms with van der Waals surface area (Å²) in [7, 11) is 0. The summed E-state index contributed by atoms with van der Waals surface area (Å²) in [5.41, 5.74) is -1.44. The topological polar surface area (TPSA) is 105 Å². The van der Waals surface area contributed by atoms with Crippen LogP contribution in [0.2, 0.25) is 0 Å². The molecular formula is C35H48O8. The van der Waals surface area contributed by atoms with E-state index in [1.165, 1.54) is 0 Å². The van der Waals surface area contributed by atoms with E-state index in [1.54, 1.807) is 41.5 Å². The first kappa shape index (κ1) is 35.5. The molecule has 236 valence electrons. The monoisotopic (exact) mass is 596 g/mol. The minimum absolute atomic E-state index is 0.140. The normalized spacial score (nSPS) is 11.9. The number of ether oxygens (including phenoxy) is 4. The number of hydrogen-bond acceptors (Lipinski definition) is 8. The van der Waals surface area contributed by atoms with E-state index in [4.69, 9.17) is 18.9 Å². The third-order valence-corrected chi connectivity index (χ3v) is 6.53. The van der Waals surface area contributed by atoms with Crippen molar-refractivity contribution in [2.75, 3.05) is 0 Å². The van der Waals surface area contributed by atoms with Gasteiger partial charge in [-0.3, -0.25) is 19.2 Å². The lowest BCUT2D eigenvalue weighted by atomic mass is 9.77. The van der Waals surface area contributed by atoms with Crippen LogP contribution in [0.1, 0.15) is 104 Å². The van der Waals surface area contributed by atoms with E-state index in [0.717, 1.165) is 11.1 Å². The Labute approximate surface area is 256 Å². The summed E-state index contributed by atoms with van der Waals surface area (Å²) in [6.45, 7) is 10.9. The molecule has 8 nitrogen and oxygen atoms in total. The number of hydrogen-bond donors (Lipinski definition) is 0. The molecule has 2 aromatic carbocycles. The van der Waals surface area contributed by atoms with Crippen molar-refractivity contribution in [3.8, 4) is 0 Å². The SMILES string of the molecule is CC(C)(C)OC(=O)C(CCCCC(=O)OCc1ccccc1)(CCCCC(=O)OCc1ccccc1)C(=O)OC(C)(C)C. The van der Waals surface area contributed by atoms with Crippen LogP contribution in [-0.2, 0) is 51.3 Å². The fourth-order valence-corrected chi connectivity index (χ4v) is 4.38. The van der Waals surface area contributed by atoms with Crippen molar-refractivity contribution < 1.29 is 38.1 Å². The highest BCUT2D eigenvalue weighted by molar-refractivity contribution is 6.00. The number of esters is 4. The van der Waals surface area contributed by atoms with E-state index in [1.807, 2.05) is 60.7 Å². The smallest absolute Gasteiger partial charge is 0.324 e. The van der Waals surface area contributed by atoms with Crippen molar-refractivity contribution >= 4 is 23.9 Å². The van der Waals surface area contributed by atoms with E-state index in [-0.39, 0.29) is 50.8 Å². The minimum Gasteiger partial charge on any atom is -0.461 e. The number of unbranched alkanes of at least 4 members (excludes halogenated alkanes) is 2. The van der Waals surface area contributed by atoms with Gasteiger partial charge in [0.2, 0.25) is 0 Å². The summed E-state index contributed by atoms with van der Waals surface area (Å²) in [5, 5.41) is 0. The number of benzene rings is 2. The summed E-state index contributed by atoms with van der Waals surface area (Å²) in [6.07, 6.45) is 2.23. The van der Waals surface area contributed by atoms with Gasteiger partial charge in [-0.2, -0.15) is 0 Å². The molecule has 0 bridgehead atoms. The van der Waals surface area contributed by atoms with Gasteiger partial charge in [0.05, 0.1) is 0 Å². The summed E-state index contributed by atoms with van der Waals surface area (Å²) in [6, 6.07) is 18.8. The Morgan fingerprint density at radius 3 is 1.21 bits per heavy atom. The lowest BCUT2D eigenvalue weighted by Crippen LogP contribution is -2.47. The van der Waals surface area contributed by atoms with Gasteiger partial charge in [-0.05, 0) is 78.4 Å². The molecule has 0 N–H and O–H groups in total. The standard InChI is InChI=1S/C35H48O8/c1-33(2,3)42-31(38)35(32(39)43-34(4,5)6,23-15-13-21-29(36)40-25-27-17-9-7-10-18-27)24-16-14-22-30(37)41-26-28-19-11-8-12-20-28/h7-12,17-20H,13-16,21-26H2,1-6H3. The molecule has 0 aliphatic carbocycles. The number of carbonyl (C=O) groups excluding carboxylic acids is 4. The molecule has 0 heterocycles. The van der Waals surface area contributed by atoms with Crippen molar-refractivity contribution in [2.45, 2.75) is 117 Å². The van der Waals surface area contributed by atoms with Crippen molar-refractivity contribution in [1.29, 1.82) is 0 Å². The molecule has 0 saturated heterocycles. The van der Waals surface area contributed by atoms with Crippen LogP contribution >= 0.6 is 0 Å². The van der Waals surface area contributed by atoms with Crippen LogP contribution in [0, 0.1) is 5.41 Å². The quantitative estimate of drug-likeness (QED) is 0.0863. The van der Waals surface area contributed by atoms with Crippen LogP contribution in [0.25, 0.3) is 0 Å². The van der Waals surface area contributed by atoms with Crippen molar-refractivity contribution in [2.24, 2.45) is 5.41 Å². The van der Waals surface area contributed by atoms with Crippen molar-refractivity contribution in [3.63, 3.8) is 0 Å². The zero-order chi connectivity index (χ0) is 31.9. The fourth-order valence-electron chi connectivity index (χ4n) is 4.38. The molecule has 0 saturated carbocycles. The maximum atomic E-state index is 13.7. The van der Waals surface area contributed by atoms with Crippen LogP contribution < -0.4 is 0 Å². The predicted octanol–water partition coefficient (Wildman–Crippen LogP) is 7.26. The summed E-state index contributed by atoms with van der Waals surface area (Å²) in [5.74, 6) is -2.02. The molecule has 0 radical (unpaired) electrons. The fraction of sp³-hybridized carbons (Fsp3) is 0.543. The first-order valence-electron chi connectivity index (χ1n) is 15.1. The number of rotatable bonds is 16. The molecule has 0 atom stereocenters. The first-order valence-corrected chi connectivity index (χ1v) is 15.1. The van der Waals surface area contributed by atoms with Crippen LogP contribution in [0.3, 0.4) is 0 Å². The van der Waals surface area contributed by atoms with Gasteiger partial charge < -0.3 is 18.9 Å². The average Bonchev–Trinajstić information content (AvgIpc) is 2.93. The molecule has 0 spiro atoms. The second-order valence-corrected chi connectivity index (χ2v) is 12.8. The summed E-state index contributed by atoms with van der Waals surface area (Å²) < 4.78 is 22.2. The molecule has 0 aliphatic rings. The van der Waals surface area contributed by atoms with Gasteiger partial charge >= 0.3 is 23.9 Å². The Hall–Kier alpha value is -3.68. The van der Waals surface area contributed by atoms with E-state index in [9.17, 15) is 19.2 Å². The van der Waals surface area contributed by atoms with Crippen molar-refractivity contribution in [3.05, 3.63) is 71.8 Å². The number of carbonyl (C=O) groups is 4. The third kappa shape index (κ3) is 13.9. The van der Waals surface area contributed by atoms with E-state index >= 15 is 0 Å². The largest absolute Gasteiger partial charge is 0.461 e. The second-order valence-electron chi connectivity index (χ2n) is 12.8. The Balaban J connectivity index is 2.05. The highest BCUT2D eigenvalue weighted by Gasteiger charge is 2.50. The Morgan fingerprint density at radius 1 is 0.535 bits per heavy atom. The van der Waals surface area contributed by atoms with Gasteiger partial charge in [0, 0.05) is 12.8 Å². The van der Waals surface area contributed by atoms with Gasteiger partial charge in [0.15, 0.2) is 5.41 Å². The van der Waals surface area contributed by atoms with E-state index < -0.39 is 28.6 Å². The lowest BCUT2D eigenvalue weighted by molar-refractivity contribution is -0.187. The van der Waals surface area contributed by atoms with Crippen molar-refractivity contribution in [1.82, 2.24) is 0 Å².